The largest absolute Gasteiger partial charge is 0.416 e. The monoisotopic (exact) mass is 419 g/mol. The summed E-state index contributed by atoms with van der Waals surface area (Å²) in [5.41, 5.74) is -1.61. The van der Waals surface area contributed by atoms with Gasteiger partial charge in [0.2, 0.25) is 0 Å². The fourth-order valence-corrected chi connectivity index (χ4v) is 3.36. The van der Waals surface area contributed by atoms with Crippen LogP contribution in [0.1, 0.15) is 48.5 Å². The molecule has 29 heavy (non-hydrogen) atoms. The maximum Gasteiger partial charge on any atom is 0.416 e. The van der Waals surface area contributed by atoms with Gasteiger partial charge in [0, 0.05) is 32.7 Å². The molecule has 3 N–H and O–H groups in total. The number of halogens is 4. The molecule has 1 heterocycles. The molecule has 1 saturated heterocycles. The van der Waals surface area contributed by atoms with E-state index in [1.807, 2.05) is 6.92 Å². The van der Waals surface area contributed by atoms with Crippen LogP contribution in [0.4, 0.5) is 17.6 Å². The summed E-state index contributed by atoms with van der Waals surface area (Å²) in [5, 5.41) is 16.4. The number of hydrogen-bond donors (Lipinski definition) is 3. The highest BCUT2D eigenvalue weighted by molar-refractivity contribution is 5.94. The minimum atomic E-state index is -4.68. The quantitative estimate of drug-likeness (QED) is 0.539. The summed E-state index contributed by atoms with van der Waals surface area (Å²) in [4.78, 5) is 14.7. The predicted molar refractivity (Wildman–Crippen MR) is 102 cm³/mol. The minimum Gasteiger partial charge on any atom is -0.391 e. The standard InChI is InChI=1S/C20H29F4N3O2/c1-2-3-4-17(18(28)7-10-27-11-8-25-9-12-27)26-19(29)15-6-5-14(13-16(15)21)20(22,23)24/h5-6,13,17-18,25,28H,2-4,7-12H2,1H3,(H,26,29). The molecule has 1 aromatic carbocycles. The number of nitrogens with zero attached hydrogens (tertiary/aromatic N) is 1. The van der Waals surface area contributed by atoms with E-state index < -0.39 is 41.2 Å². The summed E-state index contributed by atoms with van der Waals surface area (Å²) >= 11 is 0. The van der Waals surface area contributed by atoms with Gasteiger partial charge in [-0.3, -0.25) is 4.79 Å². The van der Waals surface area contributed by atoms with Crippen molar-refractivity contribution in [2.24, 2.45) is 0 Å². The highest BCUT2D eigenvalue weighted by Crippen LogP contribution is 2.30. The Balaban J connectivity index is 2.01. The molecule has 2 rings (SSSR count). The molecular formula is C20H29F4N3O2. The molecular weight excluding hydrogens is 390 g/mol. The smallest absolute Gasteiger partial charge is 0.391 e. The van der Waals surface area contributed by atoms with E-state index in [2.05, 4.69) is 15.5 Å². The second-order valence-electron chi connectivity index (χ2n) is 7.36. The fourth-order valence-electron chi connectivity index (χ4n) is 3.36. The predicted octanol–water partition coefficient (Wildman–Crippen LogP) is 2.79. The molecule has 9 heteroatoms. The van der Waals surface area contributed by atoms with Crippen LogP contribution in [-0.4, -0.2) is 60.8 Å². The van der Waals surface area contributed by atoms with Crippen molar-refractivity contribution < 1.29 is 27.5 Å². The number of carbonyl (C=O) groups is 1. The molecule has 164 valence electrons. The van der Waals surface area contributed by atoms with Crippen molar-refractivity contribution in [3.63, 3.8) is 0 Å². The van der Waals surface area contributed by atoms with Gasteiger partial charge in [0.15, 0.2) is 0 Å². The van der Waals surface area contributed by atoms with Crippen molar-refractivity contribution in [2.45, 2.75) is 50.9 Å². The van der Waals surface area contributed by atoms with Crippen LogP contribution in [0.3, 0.4) is 0 Å². The SMILES string of the molecule is CCCCC(NC(=O)c1ccc(C(F)(F)F)cc1F)C(O)CCN1CCNCC1. The Hall–Kier alpha value is -1.71. The third-order valence-corrected chi connectivity index (χ3v) is 5.14. The maximum absolute atomic E-state index is 14.1. The Bertz CT molecular complexity index is 664. The molecule has 1 fully saturated rings. The van der Waals surface area contributed by atoms with Gasteiger partial charge in [-0.15, -0.1) is 0 Å². The van der Waals surface area contributed by atoms with Crippen molar-refractivity contribution in [1.82, 2.24) is 15.5 Å². The lowest BCUT2D eigenvalue weighted by Crippen LogP contribution is -2.47. The second kappa shape index (κ2) is 10.9. The summed E-state index contributed by atoms with van der Waals surface area (Å²) < 4.78 is 52.1. The summed E-state index contributed by atoms with van der Waals surface area (Å²) in [7, 11) is 0. The van der Waals surface area contributed by atoms with Crippen molar-refractivity contribution in [2.75, 3.05) is 32.7 Å². The Kier molecular flexibility index (Phi) is 8.85. The number of alkyl halides is 3. The second-order valence-corrected chi connectivity index (χ2v) is 7.36. The first kappa shape index (κ1) is 23.6. The number of hydrogen-bond acceptors (Lipinski definition) is 4. The molecule has 0 radical (unpaired) electrons. The molecule has 1 amide bonds. The van der Waals surface area contributed by atoms with Crippen LogP contribution in [-0.2, 0) is 6.18 Å². The Morgan fingerprint density at radius 2 is 1.97 bits per heavy atom. The van der Waals surface area contributed by atoms with Gasteiger partial charge < -0.3 is 20.6 Å². The molecule has 0 aliphatic carbocycles. The number of benzene rings is 1. The number of unbranched alkanes of at least 4 members (excludes halogenated alkanes) is 1. The number of nitrogens with one attached hydrogen (secondary N) is 2. The van der Waals surface area contributed by atoms with Crippen LogP contribution in [0.2, 0.25) is 0 Å². The number of rotatable bonds is 9. The van der Waals surface area contributed by atoms with Crippen LogP contribution >= 0.6 is 0 Å². The summed E-state index contributed by atoms with van der Waals surface area (Å²) in [5.74, 6) is -2.06. The number of amides is 1. The zero-order chi connectivity index (χ0) is 21.4. The molecule has 5 nitrogen and oxygen atoms in total. The third kappa shape index (κ3) is 7.24. The van der Waals surface area contributed by atoms with Crippen LogP contribution in [0.15, 0.2) is 18.2 Å². The lowest BCUT2D eigenvalue weighted by atomic mass is 10.0. The lowest BCUT2D eigenvalue weighted by Gasteiger charge is -2.30. The van der Waals surface area contributed by atoms with E-state index in [0.717, 1.165) is 45.1 Å². The first-order valence-corrected chi connectivity index (χ1v) is 10.0. The molecule has 1 aliphatic heterocycles. The van der Waals surface area contributed by atoms with E-state index in [1.165, 1.54) is 0 Å². The minimum absolute atomic E-state index is 0.316. The molecule has 0 saturated carbocycles. The van der Waals surface area contributed by atoms with Crippen molar-refractivity contribution in [3.8, 4) is 0 Å². The number of aliphatic hydroxyl groups is 1. The van der Waals surface area contributed by atoms with E-state index in [1.54, 1.807) is 0 Å². The summed E-state index contributed by atoms with van der Waals surface area (Å²) in [6, 6.07) is 1.24. The zero-order valence-electron chi connectivity index (χ0n) is 16.6. The topological polar surface area (TPSA) is 64.6 Å². The number of piperazine rings is 1. The number of carbonyl (C=O) groups excluding carboxylic acids is 1. The zero-order valence-corrected chi connectivity index (χ0v) is 16.6. The van der Waals surface area contributed by atoms with E-state index in [-0.39, 0.29) is 0 Å². The van der Waals surface area contributed by atoms with Crippen LogP contribution in [0.25, 0.3) is 0 Å². The fraction of sp³-hybridized carbons (Fsp3) is 0.650. The molecule has 0 bridgehead atoms. The third-order valence-electron chi connectivity index (χ3n) is 5.14. The van der Waals surface area contributed by atoms with E-state index in [0.29, 0.717) is 31.5 Å². The Labute approximate surface area is 168 Å². The van der Waals surface area contributed by atoms with Crippen LogP contribution in [0, 0.1) is 5.82 Å². The van der Waals surface area contributed by atoms with Crippen molar-refractivity contribution in [1.29, 1.82) is 0 Å². The molecule has 0 spiro atoms. The molecule has 1 aliphatic rings. The summed E-state index contributed by atoms with van der Waals surface area (Å²) in [6.45, 7) is 6.20. The first-order chi connectivity index (χ1) is 13.7. The van der Waals surface area contributed by atoms with Crippen LogP contribution < -0.4 is 10.6 Å². The number of aliphatic hydroxyl groups excluding tert-OH is 1. The highest BCUT2D eigenvalue weighted by atomic mass is 19.4. The van der Waals surface area contributed by atoms with Gasteiger partial charge in [0.05, 0.1) is 23.3 Å². The molecule has 1 aromatic rings. The van der Waals surface area contributed by atoms with Gasteiger partial charge in [0.25, 0.3) is 5.91 Å². The van der Waals surface area contributed by atoms with Crippen molar-refractivity contribution >= 4 is 5.91 Å². The maximum atomic E-state index is 14.1. The van der Waals surface area contributed by atoms with E-state index in [4.69, 9.17) is 0 Å². The van der Waals surface area contributed by atoms with Gasteiger partial charge in [-0.05, 0) is 31.0 Å². The Morgan fingerprint density at radius 1 is 1.28 bits per heavy atom. The first-order valence-electron chi connectivity index (χ1n) is 10.0. The van der Waals surface area contributed by atoms with Gasteiger partial charge in [-0.1, -0.05) is 19.8 Å². The average Bonchev–Trinajstić information content (AvgIpc) is 2.69. The molecule has 2 unspecified atom stereocenters. The van der Waals surface area contributed by atoms with Gasteiger partial charge >= 0.3 is 6.18 Å². The van der Waals surface area contributed by atoms with E-state index >= 15 is 0 Å². The average molecular weight is 419 g/mol. The van der Waals surface area contributed by atoms with Crippen LogP contribution in [0.5, 0.6) is 0 Å². The van der Waals surface area contributed by atoms with Gasteiger partial charge in [-0.2, -0.15) is 13.2 Å². The van der Waals surface area contributed by atoms with Gasteiger partial charge in [0.1, 0.15) is 5.82 Å². The van der Waals surface area contributed by atoms with E-state index in [9.17, 15) is 27.5 Å². The Morgan fingerprint density at radius 3 is 2.55 bits per heavy atom. The summed E-state index contributed by atoms with van der Waals surface area (Å²) in [6.07, 6.45) is -2.94. The van der Waals surface area contributed by atoms with Crippen molar-refractivity contribution in [3.05, 3.63) is 35.1 Å². The lowest BCUT2D eigenvalue weighted by molar-refractivity contribution is -0.137. The molecule has 2 atom stereocenters. The normalized spacial score (nSPS) is 17.7. The van der Waals surface area contributed by atoms with Gasteiger partial charge in [-0.25, -0.2) is 4.39 Å². The molecule has 0 aromatic heterocycles. The highest BCUT2D eigenvalue weighted by Gasteiger charge is 2.32.